The normalized spacial score (nSPS) is 15.3. The minimum Gasteiger partial charge on any atom is -0.492 e. The molecule has 116 valence electrons. The van der Waals surface area contributed by atoms with Crippen molar-refractivity contribution in [2.75, 3.05) is 19.4 Å². The predicted octanol–water partition coefficient (Wildman–Crippen LogP) is 1.10. The minimum atomic E-state index is -3.35. The molecule has 2 rings (SSSR count). The summed E-state index contributed by atoms with van der Waals surface area (Å²) >= 11 is 0. The highest BCUT2D eigenvalue weighted by molar-refractivity contribution is 7.92. The van der Waals surface area contributed by atoms with Crippen LogP contribution in [0.3, 0.4) is 0 Å². The van der Waals surface area contributed by atoms with E-state index in [2.05, 4.69) is 11.4 Å². The zero-order valence-electron chi connectivity index (χ0n) is 12.4. The van der Waals surface area contributed by atoms with Gasteiger partial charge in [-0.25, -0.2) is 8.42 Å². The second kappa shape index (κ2) is 6.47. The molecule has 5 nitrogen and oxygen atoms in total. The van der Waals surface area contributed by atoms with Crippen molar-refractivity contribution in [2.24, 2.45) is 0 Å². The Kier molecular flexibility index (Phi) is 4.88. The Morgan fingerprint density at radius 2 is 2.05 bits per heavy atom. The van der Waals surface area contributed by atoms with E-state index in [9.17, 15) is 13.2 Å². The average molecular weight is 311 g/mol. The molecule has 1 atom stereocenters. The van der Waals surface area contributed by atoms with Crippen LogP contribution < -0.4 is 10.1 Å². The van der Waals surface area contributed by atoms with Crippen LogP contribution in [0.15, 0.2) is 18.2 Å². The molecule has 0 spiro atoms. The van der Waals surface area contributed by atoms with E-state index in [-0.39, 0.29) is 6.54 Å². The molecular weight excluding hydrogens is 290 g/mol. The molecule has 21 heavy (non-hydrogen) atoms. The molecule has 1 aromatic rings. The van der Waals surface area contributed by atoms with E-state index in [1.54, 1.807) is 0 Å². The maximum Gasteiger partial charge on any atom is 0.238 e. The number of hydrogen-bond acceptors (Lipinski definition) is 4. The van der Waals surface area contributed by atoms with Gasteiger partial charge >= 0.3 is 0 Å². The fraction of sp³-hybridized carbons (Fsp3) is 0.533. The molecular formula is C15H21NO4S. The van der Waals surface area contributed by atoms with Crippen LogP contribution in [0, 0.1) is 0 Å². The van der Waals surface area contributed by atoms with Gasteiger partial charge in [0.05, 0.1) is 6.54 Å². The number of carbonyl (C=O) groups excluding carboxylic acids is 1. The topological polar surface area (TPSA) is 72.5 Å². The van der Waals surface area contributed by atoms with Gasteiger partial charge in [-0.1, -0.05) is 6.07 Å². The van der Waals surface area contributed by atoms with Crippen LogP contribution in [0.2, 0.25) is 0 Å². The monoisotopic (exact) mass is 311 g/mol. The van der Waals surface area contributed by atoms with Gasteiger partial charge in [-0.2, -0.15) is 0 Å². The smallest absolute Gasteiger partial charge is 0.238 e. The lowest BCUT2D eigenvalue weighted by molar-refractivity contribution is -0.120. The third-order valence-electron chi connectivity index (χ3n) is 3.75. The van der Waals surface area contributed by atoms with Gasteiger partial charge < -0.3 is 10.1 Å². The van der Waals surface area contributed by atoms with Gasteiger partial charge in [-0.3, -0.25) is 4.79 Å². The predicted molar refractivity (Wildman–Crippen MR) is 81.3 cm³/mol. The van der Waals surface area contributed by atoms with Gasteiger partial charge in [0.25, 0.3) is 0 Å². The first-order valence-corrected chi connectivity index (χ1v) is 9.04. The summed E-state index contributed by atoms with van der Waals surface area (Å²) in [5.41, 5.74) is 2.72. The van der Waals surface area contributed by atoms with Crippen molar-refractivity contribution < 1.29 is 17.9 Å². The number of aryl methyl sites for hydroxylation is 2. The molecule has 1 N–H and O–H groups in total. The highest BCUT2D eigenvalue weighted by atomic mass is 32.2. The summed E-state index contributed by atoms with van der Waals surface area (Å²) in [5.74, 6) is 0.302. The van der Waals surface area contributed by atoms with Crippen molar-refractivity contribution in [3.63, 3.8) is 0 Å². The van der Waals surface area contributed by atoms with E-state index >= 15 is 0 Å². The van der Waals surface area contributed by atoms with E-state index < -0.39 is 21.0 Å². The number of ether oxygens (including phenoxy) is 1. The lowest BCUT2D eigenvalue weighted by Gasteiger charge is -2.11. The van der Waals surface area contributed by atoms with Crippen molar-refractivity contribution in [3.8, 4) is 5.75 Å². The second-order valence-electron chi connectivity index (χ2n) is 5.40. The fourth-order valence-electron chi connectivity index (χ4n) is 2.32. The van der Waals surface area contributed by atoms with Crippen LogP contribution in [0.4, 0.5) is 0 Å². The maximum absolute atomic E-state index is 11.6. The Labute approximate surface area is 125 Å². The van der Waals surface area contributed by atoms with E-state index in [1.165, 1.54) is 24.5 Å². The molecule has 0 saturated heterocycles. The van der Waals surface area contributed by atoms with Crippen molar-refractivity contribution >= 4 is 15.7 Å². The molecule has 0 saturated carbocycles. The zero-order chi connectivity index (χ0) is 15.5. The largest absolute Gasteiger partial charge is 0.492 e. The molecule has 0 aromatic heterocycles. The number of benzene rings is 1. The summed E-state index contributed by atoms with van der Waals surface area (Å²) in [6.45, 7) is 1.99. The highest BCUT2D eigenvalue weighted by Crippen LogP contribution is 2.25. The van der Waals surface area contributed by atoms with Gasteiger partial charge in [-0.15, -0.1) is 0 Å². The van der Waals surface area contributed by atoms with Crippen molar-refractivity contribution in [3.05, 3.63) is 29.3 Å². The number of amides is 1. The molecule has 0 aliphatic heterocycles. The Bertz CT molecular complexity index is 625. The van der Waals surface area contributed by atoms with Gasteiger partial charge in [0, 0.05) is 6.26 Å². The lowest BCUT2D eigenvalue weighted by Crippen LogP contribution is -2.39. The molecule has 0 radical (unpaired) electrons. The van der Waals surface area contributed by atoms with Crippen LogP contribution in [0.1, 0.15) is 24.5 Å². The standard InChI is InChI=1S/C15H21NO4S/c1-11(21(2,18)19)15(17)16-8-9-20-14-7-6-12-4-3-5-13(12)10-14/h6-7,10-11H,3-5,8-9H2,1-2H3,(H,16,17). The first kappa shape index (κ1) is 15.8. The number of hydrogen-bond donors (Lipinski definition) is 1. The van der Waals surface area contributed by atoms with Crippen LogP contribution >= 0.6 is 0 Å². The minimum absolute atomic E-state index is 0.287. The fourth-order valence-corrected chi connectivity index (χ4v) is 2.79. The summed E-state index contributed by atoms with van der Waals surface area (Å²) in [4.78, 5) is 11.6. The first-order chi connectivity index (χ1) is 9.88. The lowest BCUT2D eigenvalue weighted by atomic mass is 10.1. The van der Waals surface area contributed by atoms with Crippen LogP contribution in [0.25, 0.3) is 0 Å². The average Bonchev–Trinajstić information content (AvgIpc) is 2.89. The summed E-state index contributed by atoms with van der Waals surface area (Å²) in [5, 5.41) is 1.54. The molecule has 6 heteroatoms. The summed E-state index contributed by atoms with van der Waals surface area (Å²) in [6, 6.07) is 6.07. The van der Waals surface area contributed by atoms with E-state index in [0.29, 0.717) is 6.61 Å². The Hall–Kier alpha value is -1.56. The molecule has 0 heterocycles. The van der Waals surface area contributed by atoms with Crippen molar-refractivity contribution in [2.45, 2.75) is 31.4 Å². The van der Waals surface area contributed by atoms with Crippen molar-refractivity contribution in [1.29, 1.82) is 0 Å². The van der Waals surface area contributed by atoms with E-state index in [0.717, 1.165) is 24.8 Å². The number of nitrogens with one attached hydrogen (secondary N) is 1. The summed E-state index contributed by atoms with van der Waals surface area (Å²) < 4.78 is 28.1. The van der Waals surface area contributed by atoms with E-state index in [4.69, 9.17) is 4.74 Å². The quantitative estimate of drug-likeness (QED) is 0.799. The summed E-state index contributed by atoms with van der Waals surface area (Å²) in [6.07, 6.45) is 4.47. The first-order valence-electron chi connectivity index (χ1n) is 7.09. The zero-order valence-corrected chi connectivity index (χ0v) is 13.2. The third-order valence-corrected chi connectivity index (χ3v) is 5.25. The molecule has 0 bridgehead atoms. The van der Waals surface area contributed by atoms with Gasteiger partial charge in [0.15, 0.2) is 9.84 Å². The Morgan fingerprint density at radius 1 is 1.33 bits per heavy atom. The molecule has 1 amide bonds. The molecule has 1 aliphatic carbocycles. The van der Waals surface area contributed by atoms with Crippen LogP contribution in [0.5, 0.6) is 5.75 Å². The molecule has 1 aromatic carbocycles. The van der Waals surface area contributed by atoms with Gasteiger partial charge in [0.1, 0.15) is 17.6 Å². The SMILES string of the molecule is CC(C(=O)NCCOc1ccc2c(c1)CCC2)S(C)(=O)=O. The van der Waals surface area contributed by atoms with Crippen molar-refractivity contribution in [1.82, 2.24) is 5.32 Å². The number of rotatable bonds is 6. The summed E-state index contributed by atoms with van der Waals surface area (Å²) in [7, 11) is -3.35. The highest BCUT2D eigenvalue weighted by Gasteiger charge is 2.22. The number of carbonyl (C=O) groups is 1. The molecule has 1 unspecified atom stereocenters. The number of sulfone groups is 1. The molecule has 1 aliphatic rings. The third kappa shape index (κ3) is 4.20. The van der Waals surface area contributed by atoms with Crippen LogP contribution in [-0.4, -0.2) is 39.0 Å². The second-order valence-corrected chi connectivity index (χ2v) is 7.76. The molecule has 0 fully saturated rings. The van der Waals surface area contributed by atoms with Gasteiger partial charge in [-0.05, 0) is 49.4 Å². The van der Waals surface area contributed by atoms with Gasteiger partial charge in [0.2, 0.25) is 5.91 Å². The Balaban J connectivity index is 1.76. The van der Waals surface area contributed by atoms with E-state index in [1.807, 2.05) is 12.1 Å². The Morgan fingerprint density at radius 3 is 2.76 bits per heavy atom. The number of fused-ring (bicyclic) bond motifs is 1. The van der Waals surface area contributed by atoms with Crippen LogP contribution in [-0.2, 0) is 27.5 Å². The maximum atomic E-state index is 11.6.